The fourth-order valence-corrected chi connectivity index (χ4v) is 3.55. The molecule has 0 aliphatic carbocycles. The van der Waals surface area contributed by atoms with Crippen molar-refractivity contribution in [2.24, 2.45) is 0 Å². The third kappa shape index (κ3) is 2.34. The van der Waals surface area contributed by atoms with Gasteiger partial charge in [-0.05, 0) is 30.3 Å². The Bertz CT molecular complexity index is 1280. The average molecular weight is 365 g/mol. The molecule has 0 aliphatic heterocycles. The summed E-state index contributed by atoms with van der Waals surface area (Å²) in [5.74, 6) is -0.982. The van der Waals surface area contributed by atoms with Crippen molar-refractivity contribution in [3.05, 3.63) is 66.2 Å². The Labute approximate surface area is 149 Å². The molecule has 26 heavy (non-hydrogen) atoms. The molecule has 3 aromatic heterocycles. The van der Waals surface area contributed by atoms with Crippen LogP contribution < -0.4 is 0 Å². The fourth-order valence-electron chi connectivity index (χ4n) is 2.74. The Morgan fingerprint density at radius 3 is 2.73 bits per heavy atom. The highest BCUT2D eigenvalue weighted by Gasteiger charge is 2.18. The van der Waals surface area contributed by atoms with Crippen LogP contribution in [0.5, 0.6) is 0 Å². The van der Waals surface area contributed by atoms with Gasteiger partial charge in [0.2, 0.25) is 4.96 Å². The van der Waals surface area contributed by atoms with Crippen molar-refractivity contribution < 1.29 is 8.78 Å². The first-order chi connectivity index (χ1) is 12.7. The summed E-state index contributed by atoms with van der Waals surface area (Å²) >= 11 is 1.28. The highest BCUT2D eigenvalue weighted by molar-refractivity contribution is 7.19. The number of rotatable bonds is 2. The van der Waals surface area contributed by atoms with Crippen LogP contribution in [0.15, 0.2) is 54.6 Å². The number of benzene rings is 2. The standard InChI is InChI=1S/C18H9F2N5S/c19-11-6-7-13(20)12(9-11)16-22-23-18-25(16)24-17(26-18)15-8-5-10-3-1-2-4-14(10)21-15/h1-9H. The van der Waals surface area contributed by atoms with Crippen LogP contribution >= 0.6 is 11.3 Å². The van der Waals surface area contributed by atoms with Gasteiger partial charge in [0, 0.05) is 5.39 Å². The van der Waals surface area contributed by atoms with Gasteiger partial charge in [-0.1, -0.05) is 35.6 Å². The maximum absolute atomic E-state index is 14.1. The molecule has 8 heteroatoms. The normalized spacial score (nSPS) is 11.5. The minimum Gasteiger partial charge on any atom is -0.245 e. The highest BCUT2D eigenvalue weighted by atomic mass is 32.1. The summed E-state index contributed by atoms with van der Waals surface area (Å²) < 4.78 is 29.0. The second-order valence-electron chi connectivity index (χ2n) is 5.64. The topological polar surface area (TPSA) is 56.0 Å². The summed E-state index contributed by atoms with van der Waals surface area (Å²) in [4.78, 5) is 5.09. The molecule has 0 radical (unpaired) electrons. The Morgan fingerprint density at radius 2 is 1.81 bits per heavy atom. The lowest BCUT2D eigenvalue weighted by molar-refractivity contribution is 0.601. The van der Waals surface area contributed by atoms with Crippen molar-refractivity contribution in [3.63, 3.8) is 0 Å². The predicted molar refractivity (Wildman–Crippen MR) is 94.7 cm³/mol. The van der Waals surface area contributed by atoms with E-state index in [4.69, 9.17) is 0 Å². The van der Waals surface area contributed by atoms with Gasteiger partial charge in [-0.25, -0.2) is 13.8 Å². The van der Waals surface area contributed by atoms with Crippen molar-refractivity contribution in [2.75, 3.05) is 0 Å². The van der Waals surface area contributed by atoms with Gasteiger partial charge >= 0.3 is 0 Å². The van der Waals surface area contributed by atoms with Gasteiger partial charge in [0.15, 0.2) is 10.8 Å². The van der Waals surface area contributed by atoms with Crippen LogP contribution in [0, 0.1) is 11.6 Å². The first kappa shape index (κ1) is 15.0. The number of halogens is 2. The van der Waals surface area contributed by atoms with E-state index < -0.39 is 11.6 Å². The Hall–Kier alpha value is -3.26. The Balaban J connectivity index is 1.66. The van der Waals surface area contributed by atoms with Crippen LogP contribution in [-0.4, -0.2) is 24.8 Å². The van der Waals surface area contributed by atoms with E-state index in [1.54, 1.807) is 0 Å². The number of fused-ring (bicyclic) bond motifs is 2. The molecule has 0 saturated heterocycles. The molecule has 5 rings (SSSR count). The average Bonchev–Trinajstić information content (AvgIpc) is 3.24. The van der Waals surface area contributed by atoms with Gasteiger partial charge in [0.25, 0.3) is 0 Å². The van der Waals surface area contributed by atoms with E-state index in [1.165, 1.54) is 15.9 Å². The number of para-hydroxylation sites is 1. The fraction of sp³-hybridized carbons (Fsp3) is 0. The van der Waals surface area contributed by atoms with Crippen LogP contribution in [-0.2, 0) is 0 Å². The SMILES string of the molecule is Fc1ccc(F)c(-c2nnc3sc(-c4ccc5ccccc5n4)nn23)c1. The summed E-state index contributed by atoms with van der Waals surface area (Å²) in [6.45, 7) is 0. The van der Waals surface area contributed by atoms with Crippen molar-refractivity contribution in [1.29, 1.82) is 0 Å². The van der Waals surface area contributed by atoms with Crippen molar-refractivity contribution in [1.82, 2.24) is 24.8 Å². The van der Waals surface area contributed by atoms with E-state index in [2.05, 4.69) is 20.3 Å². The number of aromatic nitrogens is 5. The molecule has 2 aromatic carbocycles. The first-order valence-corrected chi connectivity index (χ1v) is 8.54. The Morgan fingerprint density at radius 1 is 0.923 bits per heavy atom. The molecule has 5 aromatic rings. The van der Waals surface area contributed by atoms with Crippen molar-refractivity contribution in [2.45, 2.75) is 0 Å². The van der Waals surface area contributed by atoms with E-state index in [0.717, 1.165) is 29.1 Å². The largest absolute Gasteiger partial charge is 0.245 e. The monoisotopic (exact) mass is 365 g/mol. The molecule has 5 nitrogen and oxygen atoms in total. The zero-order valence-corrected chi connectivity index (χ0v) is 13.9. The van der Waals surface area contributed by atoms with Crippen LogP contribution in [0.25, 0.3) is 38.0 Å². The van der Waals surface area contributed by atoms with Crippen LogP contribution in [0.3, 0.4) is 0 Å². The number of hydrogen-bond donors (Lipinski definition) is 0. The lowest BCUT2D eigenvalue weighted by Gasteiger charge is -2.00. The number of hydrogen-bond acceptors (Lipinski definition) is 5. The van der Waals surface area contributed by atoms with E-state index >= 15 is 0 Å². The van der Waals surface area contributed by atoms with E-state index in [9.17, 15) is 8.78 Å². The lowest BCUT2D eigenvalue weighted by atomic mass is 10.2. The Kier molecular flexibility index (Phi) is 3.26. The molecular weight excluding hydrogens is 356 g/mol. The predicted octanol–water partition coefficient (Wildman–Crippen LogP) is 4.35. The molecule has 0 fully saturated rings. The molecule has 0 unspecified atom stereocenters. The maximum atomic E-state index is 14.1. The molecule has 0 saturated carbocycles. The van der Waals surface area contributed by atoms with Gasteiger partial charge in [-0.2, -0.15) is 9.61 Å². The van der Waals surface area contributed by atoms with E-state index in [-0.39, 0.29) is 11.4 Å². The molecular formula is C18H9F2N5S. The minimum atomic E-state index is -0.584. The molecule has 0 amide bonds. The molecule has 0 atom stereocenters. The van der Waals surface area contributed by atoms with Crippen LogP contribution in [0.1, 0.15) is 0 Å². The minimum absolute atomic E-state index is 0.0146. The zero-order valence-electron chi connectivity index (χ0n) is 13.1. The van der Waals surface area contributed by atoms with Gasteiger partial charge < -0.3 is 0 Å². The molecule has 0 N–H and O–H groups in total. The van der Waals surface area contributed by atoms with Crippen LogP contribution in [0.2, 0.25) is 0 Å². The zero-order chi connectivity index (χ0) is 17.7. The summed E-state index contributed by atoms with van der Waals surface area (Å²) in [6, 6.07) is 14.8. The first-order valence-electron chi connectivity index (χ1n) is 7.73. The smallest absolute Gasteiger partial charge is 0.235 e. The second-order valence-corrected chi connectivity index (χ2v) is 6.59. The third-order valence-corrected chi connectivity index (χ3v) is 4.90. The van der Waals surface area contributed by atoms with E-state index in [1.807, 2.05) is 36.4 Å². The molecule has 0 bridgehead atoms. The molecule has 0 spiro atoms. The van der Waals surface area contributed by atoms with Gasteiger partial charge in [-0.15, -0.1) is 10.2 Å². The highest BCUT2D eigenvalue weighted by Crippen LogP contribution is 2.29. The van der Waals surface area contributed by atoms with Crippen molar-refractivity contribution in [3.8, 4) is 22.1 Å². The van der Waals surface area contributed by atoms with Gasteiger partial charge in [-0.3, -0.25) is 0 Å². The van der Waals surface area contributed by atoms with Crippen molar-refractivity contribution >= 4 is 27.2 Å². The second kappa shape index (κ2) is 5.63. The maximum Gasteiger partial charge on any atom is 0.235 e. The summed E-state index contributed by atoms with van der Waals surface area (Å²) in [5.41, 5.74) is 1.55. The van der Waals surface area contributed by atoms with Gasteiger partial charge in [0.05, 0.1) is 11.1 Å². The number of pyridine rings is 1. The quantitative estimate of drug-likeness (QED) is 0.467. The summed E-state index contributed by atoms with van der Waals surface area (Å²) in [7, 11) is 0. The molecule has 126 valence electrons. The lowest BCUT2D eigenvalue weighted by Crippen LogP contribution is -1.95. The summed E-state index contributed by atoms with van der Waals surface area (Å²) in [5, 5.41) is 14.1. The molecule has 0 aliphatic rings. The van der Waals surface area contributed by atoms with Gasteiger partial charge in [0.1, 0.15) is 17.3 Å². The molecule has 3 heterocycles. The number of nitrogens with zero attached hydrogens (tertiary/aromatic N) is 5. The summed E-state index contributed by atoms with van der Waals surface area (Å²) in [6.07, 6.45) is 0. The van der Waals surface area contributed by atoms with Crippen LogP contribution in [0.4, 0.5) is 8.78 Å². The third-order valence-electron chi connectivity index (χ3n) is 3.98. The van der Waals surface area contributed by atoms with E-state index in [0.29, 0.717) is 15.7 Å².